The van der Waals surface area contributed by atoms with Crippen LogP contribution in [0.15, 0.2) is 36.8 Å². The molecule has 26 heavy (non-hydrogen) atoms. The van der Waals surface area contributed by atoms with E-state index in [2.05, 4.69) is 39.6 Å². The van der Waals surface area contributed by atoms with Crippen LogP contribution in [-0.4, -0.2) is 32.5 Å². The maximum absolute atomic E-state index is 4.84. The molecule has 1 saturated heterocycles. The molecule has 4 nitrogen and oxygen atoms in total. The quantitative estimate of drug-likeness (QED) is 0.707. The lowest BCUT2D eigenvalue weighted by Crippen LogP contribution is -2.31. The predicted octanol–water partition coefficient (Wildman–Crippen LogP) is 4.31. The van der Waals surface area contributed by atoms with Gasteiger partial charge in [-0.2, -0.15) is 0 Å². The highest BCUT2D eigenvalue weighted by molar-refractivity contribution is 5.84. The third-order valence-electron chi connectivity index (χ3n) is 5.89. The van der Waals surface area contributed by atoms with Crippen molar-refractivity contribution in [1.82, 2.24) is 19.4 Å². The first-order chi connectivity index (χ1) is 12.3. The number of rotatable bonds is 3. The maximum atomic E-state index is 4.84. The number of aryl methyl sites for hydroxylation is 3. The van der Waals surface area contributed by atoms with E-state index in [1.165, 1.54) is 53.8 Å². The fourth-order valence-electron chi connectivity index (χ4n) is 4.75. The zero-order valence-electron chi connectivity index (χ0n) is 14.8. The molecule has 2 aliphatic rings. The summed E-state index contributed by atoms with van der Waals surface area (Å²) in [6.45, 7) is 5.61. The molecule has 0 radical (unpaired) electrons. The molecular weight excluding hydrogens is 320 g/mol. The van der Waals surface area contributed by atoms with Crippen LogP contribution in [0.4, 0.5) is 0 Å². The van der Waals surface area contributed by atoms with Crippen molar-refractivity contribution >= 4 is 11.0 Å². The first-order valence-corrected chi connectivity index (χ1v) is 9.42. The van der Waals surface area contributed by atoms with Gasteiger partial charge in [0.15, 0.2) is 0 Å². The summed E-state index contributed by atoms with van der Waals surface area (Å²) in [5.41, 5.74) is 6.89. The molecule has 4 heteroatoms. The summed E-state index contributed by atoms with van der Waals surface area (Å²) in [5, 5.41) is 1.39. The largest absolute Gasteiger partial charge is 0.329 e. The third kappa shape index (κ3) is 2.73. The molecule has 1 atom stereocenters. The van der Waals surface area contributed by atoms with Crippen molar-refractivity contribution in [2.75, 3.05) is 13.1 Å². The van der Waals surface area contributed by atoms with Crippen molar-refractivity contribution in [3.63, 3.8) is 0 Å². The van der Waals surface area contributed by atoms with Crippen LogP contribution in [0.25, 0.3) is 11.0 Å². The highest BCUT2D eigenvalue weighted by Crippen LogP contribution is 2.42. The van der Waals surface area contributed by atoms with Crippen LogP contribution in [0.2, 0.25) is 0 Å². The first-order valence-electron chi connectivity index (χ1n) is 9.42. The average Bonchev–Trinajstić information content (AvgIpc) is 3.22. The van der Waals surface area contributed by atoms with E-state index in [4.69, 9.17) is 4.98 Å². The molecule has 0 aromatic carbocycles. The van der Waals surface area contributed by atoms with Crippen LogP contribution >= 0.6 is 0 Å². The molecule has 3 aromatic rings. The van der Waals surface area contributed by atoms with Crippen LogP contribution in [0.1, 0.15) is 48.7 Å². The van der Waals surface area contributed by atoms with Gasteiger partial charge < -0.3 is 4.57 Å². The second-order valence-electron chi connectivity index (χ2n) is 7.45. The molecule has 3 aromatic heterocycles. The molecule has 0 aliphatic carbocycles. The van der Waals surface area contributed by atoms with E-state index in [0.29, 0.717) is 6.04 Å². The fourth-order valence-corrected chi connectivity index (χ4v) is 4.75. The smallest absolute Gasteiger partial charge is 0.140 e. The van der Waals surface area contributed by atoms with Gasteiger partial charge in [0.25, 0.3) is 0 Å². The summed E-state index contributed by atoms with van der Waals surface area (Å²) in [6.07, 6.45) is 10.6. The predicted molar refractivity (Wildman–Crippen MR) is 106 cm³/mol. The first kappa shape index (κ1) is 17.2. The highest BCUT2D eigenvalue weighted by atomic mass is 15.2. The van der Waals surface area contributed by atoms with Gasteiger partial charge in [-0.25, -0.2) is 4.98 Å². The Labute approximate surface area is 155 Å². The van der Waals surface area contributed by atoms with Gasteiger partial charge in [-0.1, -0.05) is 7.43 Å². The monoisotopic (exact) mass is 348 g/mol. The Balaban J connectivity index is 0.00000168. The van der Waals surface area contributed by atoms with Gasteiger partial charge in [0.2, 0.25) is 0 Å². The van der Waals surface area contributed by atoms with Crippen molar-refractivity contribution in [3.8, 4) is 0 Å². The van der Waals surface area contributed by atoms with E-state index in [0.717, 1.165) is 19.4 Å². The molecule has 5 heterocycles. The van der Waals surface area contributed by atoms with Crippen molar-refractivity contribution in [1.29, 1.82) is 0 Å². The van der Waals surface area contributed by atoms with Crippen LogP contribution in [0.3, 0.4) is 0 Å². The number of pyridine rings is 2. The minimum atomic E-state index is 0. The Morgan fingerprint density at radius 3 is 2.88 bits per heavy atom. The number of fused-ring (bicyclic) bond motifs is 5. The minimum absolute atomic E-state index is 0. The van der Waals surface area contributed by atoms with Crippen molar-refractivity contribution < 1.29 is 0 Å². The lowest BCUT2D eigenvalue weighted by Gasteiger charge is -2.31. The Morgan fingerprint density at radius 2 is 2.04 bits per heavy atom. The fraction of sp³-hybridized carbons (Fsp3) is 0.455. The van der Waals surface area contributed by atoms with Crippen LogP contribution in [0.5, 0.6) is 0 Å². The molecule has 0 N–H and O–H groups in total. The summed E-state index contributed by atoms with van der Waals surface area (Å²) in [6, 6.07) is 7.20. The molecule has 0 saturated carbocycles. The summed E-state index contributed by atoms with van der Waals surface area (Å²) in [4.78, 5) is 11.7. The Bertz CT molecular complexity index is 913. The van der Waals surface area contributed by atoms with Gasteiger partial charge in [0.05, 0.1) is 0 Å². The minimum Gasteiger partial charge on any atom is -0.329 e. The van der Waals surface area contributed by atoms with Crippen molar-refractivity contribution in [2.24, 2.45) is 0 Å². The second kappa shape index (κ2) is 6.84. The van der Waals surface area contributed by atoms with Crippen LogP contribution in [0, 0.1) is 6.92 Å². The number of aromatic nitrogens is 3. The van der Waals surface area contributed by atoms with E-state index in [1.54, 1.807) is 5.56 Å². The molecule has 0 bridgehead atoms. The Morgan fingerprint density at radius 1 is 1.19 bits per heavy atom. The maximum Gasteiger partial charge on any atom is 0.140 e. The standard InChI is InChI=1S/C21H24N4.CH4/c1-15-13-17-20-18-3-2-10-24(18)11-7-19(20)25(21(17)23-14-15)12-6-16-4-8-22-9-5-16;/h4-5,8-9,13-14,18H,2-3,6-7,10-12H2,1H3;1H4. The van der Waals surface area contributed by atoms with Gasteiger partial charge >= 0.3 is 0 Å². The summed E-state index contributed by atoms with van der Waals surface area (Å²) < 4.78 is 2.50. The normalized spacial score (nSPS) is 19.2. The zero-order valence-corrected chi connectivity index (χ0v) is 14.8. The molecule has 1 fully saturated rings. The van der Waals surface area contributed by atoms with Gasteiger partial charge in [-0.05, 0) is 67.6 Å². The van der Waals surface area contributed by atoms with E-state index < -0.39 is 0 Å². The molecular formula is C22H28N4. The number of hydrogen-bond donors (Lipinski definition) is 0. The average molecular weight is 348 g/mol. The lowest BCUT2D eigenvalue weighted by molar-refractivity contribution is 0.242. The molecule has 136 valence electrons. The summed E-state index contributed by atoms with van der Waals surface area (Å²) >= 11 is 0. The molecule has 0 amide bonds. The summed E-state index contributed by atoms with van der Waals surface area (Å²) in [5.74, 6) is 0. The van der Waals surface area contributed by atoms with E-state index in [9.17, 15) is 0 Å². The van der Waals surface area contributed by atoms with E-state index >= 15 is 0 Å². The Kier molecular flexibility index (Phi) is 4.53. The zero-order chi connectivity index (χ0) is 16.8. The summed E-state index contributed by atoms with van der Waals surface area (Å²) in [7, 11) is 0. The SMILES string of the molecule is C.Cc1cnc2c(c1)c1c(n2CCc2ccncc2)CCN2CCCC12. The van der Waals surface area contributed by atoms with Gasteiger partial charge in [0, 0.05) is 55.2 Å². The van der Waals surface area contributed by atoms with Gasteiger partial charge in [-0.3, -0.25) is 9.88 Å². The topological polar surface area (TPSA) is 34.0 Å². The van der Waals surface area contributed by atoms with Crippen LogP contribution < -0.4 is 0 Å². The van der Waals surface area contributed by atoms with E-state index in [1.807, 2.05) is 18.6 Å². The molecule has 2 aliphatic heterocycles. The number of hydrogen-bond acceptors (Lipinski definition) is 3. The van der Waals surface area contributed by atoms with Crippen LogP contribution in [-0.2, 0) is 19.4 Å². The molecule has 1 unspecified atom stereocenters. The van der Waals surface area contributed by atoms with Crippen molar-refractivity contribution in [3.05, 3.63) is 59.2 Å². The number of nitrogens with zero attached hydrogens (tertiary/aromatic N) is 4. The second-order valence-corrected chi connectivity index (χ2v) is 7.45. The highest BCUT2D eigenvalue weighted by Gasteiger charge is 2.35. The van der Waals surface area contributed by atoms with Crippen molar-refractivity contribution in [2.45, 2.75) is 52.6 Å². The lowest BCUT2D eigenvalue weighted by atomic mass is 9.96. The van der Waals surface area contributed by atoms with E-state index in [-0.39, 0.29) is 7.43 Å². The third-order valence-corrected chi connectivity index (χ3v) is 5.89. The molecule has 5 rings (SSSR count). The van der Waals surface area contributed by atoms with Gasteiger partial charge in [-0.15, -0.1) is 0 Å². The molecule has 0 spiro atoms. The Hall–Kier alpha value is -2.20. The van der Waals surface area contributed by atoms with Gasteiger partial charge in [0.1, 0.15) is 5.65 Å².